The van der Waals surface area contributed by atoms with E-state index in [2.05, 4.69) is 44.0 Å². The molecule has 0 saturated carbocycles. The van der Waals surface area contributed by atoms with Crippen LogP contribution >= 0.6 is 11.8 Å². The second-order valence-corrected chi connectivity index (χ2v) is 8.05. The molecule has 2 heterocycles. The maximum absolute atomic E-state index is 12.4. The van der Waals surface area contributed by atoms with Gasteiger partial charge in [-0.15, -0.1) is 0 Å². The SMILES string of the molecule is O=C(CSc1nbc(-c2cccnc2)n1CCc1ccccc1)NCc1ccccc1. The molecule has 0 radical (unpaired) electrons. The Morgan fingerprint density at radius 2 is 1.71 bits per heavy atom. The van der Waals surface area contributed by atoms with Crippen molar-refractivity contribution in [3.05, 3.63) is 96.3 Å². The van der Waals surface area contributed by atoms with Crippen molar-refractivity contribution in [1.29, 1.82) is 0 Å². The van der Waals surface area contributed by atoms with Gasteiger partial charge in [-0.2, -0.15) is 0 Å². The van der Waals surface area contributed by atoms with Crippen molar-refractivity contribution in [1.82, 2.24) is 19.8 Å². The third-order valence-electron chi connectivity index (χ3n) is 4.91. The Labute approximate surface area is 187 Å². The van der Waals surface area contributed by atoms with E-state index in [1.807, 2.05) is 61.8 Å². The molecular weight excluding hydrogens is 403 g/mol. The summed E-state index contributed by atoms with van der Waals surface area (Å²) in [6, 6.07) is 24.3. The molecule has 0 fully saturated rings. The molecule has 154 valence electrons. The number of nitrogens with one attached hydrogen (secondary N) is 1. The monoisotopic (exact) mass is 426 g/mol. The number of benzene rings is 2. The summed E-state index contributed by atoms with van der Waals surface area (Å²) >= 11 is 1.46. The number of nitrogens with zero attached hydrogens (tertiary/aromatic N) is 3. The van der Waals surface area contributed by atoms with Gasteiger partial charge in [0.2, 0.25) is 0 Å². The predicted molar refractivity (Wildman–Crippen MR) is 126 cm³/mol. The first kappa shape index (κ1) is 21.1. The summed E-state index contributed by atoms with van der Waals surface area (Å²) in [6.45, 7) is 1.31. The van der Waals surface area contributed by atoms with Gasteiger partial charge in [-0.3, -0.25) is 0 Å². The summed E-state index contributed by atoms with van der Waals surface area (Å²) in [5, 5.41) is 3.82. The third kappa shape index (κ3) is 5.92. The summed E-state index contributed by atoms with van der Waals surface area (Å²) in [4.78, 5) is 21.2. The van der Waals surface area contributed by atoms with Crippen molar-refractivity contribution in [3.8, 4) is 11.2 Å². The summed E-state index contributed by atoms with van der Waals surface area (Å²) in [6.07, 6.45) is 4.50. The van der Waals surface area contributed by atoms with Crippen molar-refractivity contribution in [2.45, 2.75) is 24.7 Å². The molecule has 0 spiro atoms. The average Bonchev–Trinajstić information content (AvgIpc) is 3.24. The number of thioether (sulfide) groups is 1. The van der Waals surface area contributed by atoms with Gasteiger partial charge >= 0.3 is 187 Å². The molecular formula is C24H23BN4OS. The van der Waals surface area contributed by atoms with Gasteiger partial charge in [-0.25, -0.2) is 0 Å². The van der Waals surface area contributed by atoms with Crippen molar-refractivity contribution in [2.24, 2.45) is 0 Å². The van der Waals surface area contributed by atoms with E-state index in [1.165, 1.54) is 17.3 Å². The summed E-state index contributed by atoms with van der Waals surface area (Å²) < 4.78 is 2.18. The molecule has 0 aliphatic rings. The van der Waals surface area contributed by atoms with E-state index in [0.29, 0.717) is 12.3 Å². The fraction of sp³-hybridized carbons (Fsp3) is 0.167. The van der Waals surface area contributed by atoms with E-state index in [0.717, 1.165) is 34.8 Å². The fourth-order valence-electron chi connectivity index (χ4n) is 3.30. The Morgan fingerprint density at radius 3 is 2.42 bits per heavy atom. The Kier molecular flexibility index (Phi) is 7.29. The van der Waals surface area contributed by atoms with Crippen LogP contribution in [0.4, 0.5) is 0 Å². The zero-order valence-corrected chi connectivity index (χ0v) is 18.0. The number of amides is 1. The number of pyridine rings is 1. The molecule has 4 aromatic rings. The first-order chi connectivity index (χ1) is 15.3. The molecule has 5 nitrogen and oxygen atoms in total. The Morgan fingerprint density at radius 1 is 0.968 bits per heavy atom. The van der Waals surface area contributed by atoms with Crippen molar-refractivity contribution >= 4 is 24.7 Å². The van der Waals surface area contributed by atoms with E-state index in [4.69, 9.17) is 0 Å². The number of aromatic nitrogens is 3. The molecule has 0 atom stereocenters. The van der Waals surface area contributed by atoms with Gasteiger partial charge in [0.15, 0.2) is 0 Å². The van der Waals surface area contributed by atoms with E-state index in [9.17, 15) is 4.79 Å². The molecule has 2 aromatic carbocycles. The van der Waals surface area contributed by atoms with Crippen molar-refractivity contribution in [2.75, 3.05) is 5.75 Å². The quantitative estimate of drug-likeness (QED) is 0.412. The maximum atomic E-state index is 12.4. The Hall–Kier alpha value is -3.19. The van der Waals surface area contributed by atoms with Gasteiger partial charge in [0.25, 0.3) is 0 Å². The molecule has 0 saturated heterocycles. The number of hydrogen-bond donors (Lipinski definition) is 1. The van der Waals surface area contributed by atoms with E-state index < -0.39 is 0 Å². The van der Waals surface area contributed by atoms with Crippen LogP contribution in [0.2, 0.25) is 0 Å². The van der Waals surface area contributed by atoms with Crippen LogP contribution in [0.3, 0.4) is 0 Å². The van der Waals surface area contributed by atoms with Crippen LogP contribution < -0.4 is 5.32 Å². The molecule has 31 heavy (non-hydrogen) atoms. The molecule has 7 heteroatoms. The van der Waals surface area contributed by atoms with Crippen LogP contribution in [0.1, 0.15) is 11.1 Å². The Bertz CT molecular complexity index is 1100. The standard InChI is InChI=1S/C24H23BN4OS/c30-22(27-16-20-10-5-2-6-11-20)18-31-24-28-25-23(21-12-7-14-26-17-21)29(24)15-13-19-8-3-1-4-9-19/h1-12,14,17H,13,15-16,18H2,(H,27,30). The number of hydrogen-bond acceptors (Lipinski definition) is 4. The number of aryl methyl sites for hydroxylation is 1. The molecule has 1 N–H and O–H groups in total. The zero-order valence-electron chi connectivity index (χ0n) is 17.1. The topological polar surface area (TPSA) is 59.8 Å². The molecule has 4 rings (SSSR count). The summed E-state index contributed by atoms with van der Waals surface area (Å²) in [5.41, 5.74) is 4.38. The molecule has 0 aliphatic carbocycles. The first-order valence-corrected chi connectivity index (χ1v) is 11.2. The van der Waals surface area contributed by atoms with Crippen LogP contribution in [-0.2, 0) is 24.3 Å². The zero-order chi connectivity index (χ0) is 21.3. The van der Waals surface area contributed by atoms with Crippen molar-refractivity contribution < 1.29 is 4.79 Å². The first-order valence-electron chi connectivity index (χ1n) is 10.2. The number of rotatable bonds is 9. The Balaban J connectivity index is 1.44. The van der Waals surface area contributed by atoms with E-state index >= 15 is 0 Å². The average molecular weight is 426 g/mol. The minimum absolute atomic E-state index is 0.00519. The van der Waals surface area contributed by atoms with Gasteiger partial charge in [-0.1, -0.05) is 0 Å². The molecule has 2 aromatic heterocycles. The van der Waals surface area contributed by atoms with Crippen LogP contribution in [0.5, 0.6) is 0 Å². The third-order valence-corrected chi connectivity index (χ3v) is 5.90. The van der Waals surface area contributed by atoms with Gasteiger partial charge in [0, 0.05) is 0 Å². The second kappa shape index (κ2) is 10.7. The molecule has 0 unspecified atom stereocenters. The number of carbonyl (C=O) groups is 1. The van der Waals surface area contributed by atoms with Gasteiger partial charge in [0.1, 0.15) is 0 Å². The molecule has 0 aliphatic heterocycles. The van der Waals surface area contributed by atoms with Crippen LogP contribution in [-0.4, -0.2) is 33.2 Å². The molecule has 1 amide bonds. The summed E-state index contributed by atoms with van der Waals surface area (Å²) in [5.74, 6) is 0.316. The fourth-order valence-corrected chi connectivity index (χ4v) is 4.13. The van der Waals surface area contributed by atoms with E-state index in [1.54, 1.807) is 6.20 Å². The van der Waals surface area contributed by atoms with Crippen LogP contribution in [0, 0.1) is 0 Å². The number of carbonyl (C=O) groups excluding carboxylic acids is 1. The van der Waals surface area contributed by atoms with Crippen molar-refractivity contribution in [3.63, 3.8) is 0 Å². The van der Waals surface area contributed by atoms with Crippen LogP contribution in [0.15, 0.2) is 90.3 Å². The normalized spacial score (nSPS) is 10.6. The van der Waals surface area contributed by atoms with Gasteiger partial charge in [0.05, 0.1) is 0 Å². The molecule has 0 bridgehead atoms. The van der Waals surface area contributed by atoms with E-state index in [-0.39, 0.29) is 5.91 Å². The predicted octanol–water partition coefficient (Wildman–Crippen LogP) is 3.93. The van der Waals surface area contributed by atoms with Crippen LogP contribution in [0.25, 0.3) is 11.2 Å². The second-order valence-electron chi connectivity index (χ2n) is 7.11. The summed E-state index contributed by atoms with van der Waals surface area (Å²) in [7, 11) is 1.87. The minimum atomic E-state index is -0.00519. The van der Waals surface area contributed by atoms with Gasteiger partial charge in [-0.05, 0) is 0 Å². The van der Waals surface area contributed by atoms with Gasteiger partial charge < -0.3 is 0 Å².